The second-order valence-electron chi connectivity index (χ2n) is 5.63. The molecule has 8 heteroatoms. The second kappa shape index (κ2) is 6.88. The van der Waals surface area contributed by atoms with E-state index in [1.54, 1.807) is 14.2 Å². The van der Waals surface area contributed by atoms with E-state index in [4.69, 9.17) is 19.7 Å². The minimum Gasteiger partial charge on any atom is -0.497 e. The van der Waals surface area contributed by atoms with Crippen LogP contribution in [-0.4, -0.2) is 41.7 Å². The van der Waals surface area contributed by atoms with Crippen molar-refractivity contribution in [2.24, 2.45) is 5.73 Å². The van der Waals surface area contributed by atoms with E-state index < -0.39 is 5.91 Å². The van der Waals surface area contributed by atoms with Crippen LogP contribution in [0.15, 0.2) is 22.7 Å². The first-order valence-electron chi connectivity index (χ1n) is 7.70. The summed E-state index contributed by atoms with van der Waals surface area (Å²) in [5.74, 6) is 1.17. The van der Waals surface area contributed by atoms with Crippen molar-refractivity contribution in [3.63, 3.8) is 0 Å². The van der Waals surface area contributed by atoms with Crippen LogP contribution in [0.2, 0.25) is 0 Å². The number of nitrogens with two attached hydrogens (primary N) is 1. The van der Waals surface area contributed by atoms with Crippen molar-refractivity contribution >= 4 is 5.91 Å². The maximum atomic E-state index is 11.1. The van der Waals surface area contributed by atoms with Crippen molar-refractivity contribution in [3.8, 4) is 11.5 Å². The van der Waals surface area contributed by atoms with Crippen molar-refractivity contribution in [3.05, 3.63) is 35.5 Å². The minimum absolute atomic E-state index is 0.0302. The van der Waals surface area contributed by atoms with Gasteiger partial charge in [-0.3, -0.25) is 9.69 Å². The molecule has 0 saturated carbocycles. The van der Waals surface area contributed by atoms with E-state index in [2.05, 4.69) is 15.0 Å². The number of carbonyl (C=O) groups is 1. The van der Waals surface area contributed by atoms with E-state index in [1.165, 1.54) is 0 Å². The van der Waals surface area contributed by atoms with E-state index in [0.29, 0.717) is 12.4 Å². The van der Waals surface area contributed by atoms with E-state index >= 15 is 0 Å². The van der Waals surface area contributed by atoms with Crippen LogP contribution in [0.25, 0.3) is 0 Å². The summed E-state index contributed by atoms with van der Waals surface area (Å²) in [5, 5.41) is 3.63. The molecule has 2 N–H and O–H groups in total. The molecule has 1 amide bonds. The van der Waals surface area contributed by atoms with Crippen LogP contribution < -0.4 is 15.2 Å². The lowest BCUT2D eigenvalue weighted by Gasteiger charge is -2.22. The standard InChI is InChI=1S/C16H20N4O4/c1-22-11-6-5-10(13(8-11)23-2)9-20-7-3-4-12(20)16-18-15(14(17)21)19-24-16/h5-6,8,12H,3-4,7,9H2,1-2H3,(H2,17,21). The molecule has 1 aliphatic heterocycles. The number of carbonyl (C=O) groups excluding carboxylic acids is 1. The Hall–Kier alpha value is -2.61. The summed E-state index contributed by atoms with van der Waals surface area (Å²) >= 11 is 0. The summed E-state index contributed by atoms with van der Waals surface area (Å²) in [6, 6.07) is 5.71. The highest BCUT2D eigenvalue weighted by molar-refractivity contribution is 5.88. The zero-order valence-corrected chi connectivity index (χ0v) is 13.7. The van der Waals surface area contributed by atoms with Crippen LogP contribution in [0.5, 0.6) is 11.5 Å². The summed E-state index contributed by atoms with van der Waals surface area (Å²) in [4.78, 5) is 17.5. The minimum atomic E-state index is -0.689. The number of benzene rings is 1. The molecular weight excluding hydrogens is 312 g/mol. The third-order valence-corrected chi connectivity index (χ3v) is 4.18. The summed E-state index contributed by atoms with van der Waals surface area (Å²) in [7, 11) is 3.26. The van der Waals surface area contributed by atoms with Gasteiger partial charge in [0.15, 0.2) is 0 Å². The smallest absolute Gasteiger partial charge is 0.290 e. The SMILES string of the molecule is COc1ccc(CN2CCCC2c2nc(C(N)=O)no2)c(OC)c1. The zero-order valence-electron chi connectivity index (χ0n) is 13.7. The van der Waals surface area contributed by atoms with Gasteiger partial charge in [0.2, 0.25) is 5.89 Å². The molecule has 1 atom stereocenters. The Bertz CT molecular complexity index is 731. The molecule has 2 heterocycles. The molecule has 0 aliphatic carbocycles. The fourth-order valence-electron chi connectivity index (χ4n) is 2.97. The summed E-state index contributed by atoms with van der Waals surface area (Å²) in [6.45, 7) is 1.57. The van der Waals surface area contributed by atoms with E-state index in [-0.39, 0.29) is 11.9 Å². The number of likely N-dealkylation sites (tertiary alicyclic amines) is 1. The number of amides is 1. The fourth-order valence-corrected chi connectivity index (χ4v) is 2.97. The lowest BCUT2D eigenvalue weighted by Crippen LogP contribution is -2.23. The molecule has 1 unspecified atom stereocenters. The zero-order chi connectivity index (χ0) is 17.1. The number of methoxy groups -OCH3 is 2. The van der Waals surface area contributed by atoms with Crippen molar-refractivity contribution in [1.29, 1.82) is 0 Å². The first-order valence-corrected chi connectivity index (χ1v) is 7.70. The molecular formula is C16H20N4O4. The number of primary amides is 1. The van der Waals surface area contributed by atoms with Gasteiger partial charge in [0.1, 0.15) is 11.5 Å². The molecule has 1 saturated heterocycles. The number of ether oxygens (including phenoxy) is 2. The van der Waals surface area contributed by atoms with Gasteiger partial charge in [-0.25, -0.2) is 0 Å². The van der Waals surface area contributed by atoms with Crippen LogP contribution in [0.3, 0.4) is 0 Å². The van der Waals surface area contributed by atoms with E-state index in [9.17, 15) is 4.79 Å². The quantitative estimate of drug-likeness (QED) is 0.855. The highest BCUT2D eigenvalue weighted by atomic mass is 16.5. The Balaban J connectivity index is 1.79. The average Bonchev–Trinajstić information content (AvgIpc) is 3.24. The van der Waals surface area contributed by atoms with Gasteiger partial charge < -0.3 is 19.7 Å². The van der Waals surface area contributed by atoms with Crippen LogP contribution in [-0.2, 0) is 6.54 Å². The van der Waals surface area contributed by atoms with Crippen molar-refractivity contribution in [2.75, 3.05) is 20.8 Å². The molecule has 3 rings (SSSR count). The molecule has 0 spiro atoms. The van der Waals surface area contributed by atoms with Gasteiger partial charge in [0, 0.05) is 18.2 Å². The molecule has 1 fully saturated rings. The van der Waals surface area contributed by atoms with Crippen LogP contribution in [0, 0.1) is 0 Å². The number of hydrogen-bond acceptors (Lipinski definition) is 7. The predicted octanol–water partition coefficient (Wildman–Crippen LogP) is 1.52. The Morgan fingerprint density at radius 3 is 2.92 bits per heavy atom. The van der Waals surface area contributed by atoms with Gasteiger partial charge in [-0.15, -0.1) is 0 Å². The van der Waals surface area contributed by atoms with Crippen molar-refractivity contribution in [2.45, 2.75) is 25.4 Å². The second-order valence-corrected chi connectivity index (χ2v) is 5.63. The molecule has 2 aromatic rings. The third kappa shape index (κ3) is 3.18. The first-order chi connectivity index (χ1) is 11.6. The Morgan fingerprint density at radius 1 is 1.42 bits per heavy atom. The molecule has 8 nitrogen and oxygen atoms in total. The maximum Gasteiger partial charge on any atom is 0.290 e. The lowest BCUT2D eigenvalue weighted by molar-refractivity contribution is 0.0987. The Kier molecular flexibility index (Phi) is 4.66. The van der Waals surface area contributed by atoms with Gasteiger partial charge in [-0.1, -0.05) is 11.2 Å². The van der Waals surface area contributed by atoms with Crippen molar-refractivity contribution in [1.82, 2.24) is 15.0 Å². The molecule has 128 valence electrons. The van der Waals surface area contributed by atoms with E-state index in [1.807, 2.05) is 18.2 Å². The molecule has 1 aromatic carbocycles. The molecule has 1 aliphatic rings. The predicted molar refractivity (Wildman–Crippen MR) is 84.7 cm³/mol. The third-order valence-electron chi connectivity index (χ3n) is 4.18. The molecule has 24 heavy (non-hydrogen) atoms. The monoisotopic (exact) mass is 332 g/mol. The normalized spacial score (nSPS) is 17.8. The average molecular weight is 332 g/mol. The van der Waals surface area contributed by atoms with E-state index in [0.717, 1.165) is 36.4 Å². The summed E-state index contributed by atoms with van der Waals surface area (Å²) in [5.41, 5.74) is 6.22. The highest BCUT2D eigenvalue weighted by Crippen LogP contribution is 2.34. The number of hydrogen-bond donors (Lipinski definition) is 1. The van der Waals surface area contributed by atoms with Crippen LogP contribution in [0.4, 0.5) is 0 Å². The molecule has 0 bridgehead atoms. The summed E-state index contributed by atoms with van der Waals surface area (Å²) < 4.78 is 15.9. The topological polar surface area (TPSA) is 104 Å². The Morgan fingerprint density at radius 2 is 2.25 bits per heavy atom. The van der Waals surface area contributed by atoms with Crippen molar-refractivity contribution < 1.29 is 18.8 Å². The van der Waals surface area contributed by atoms with Gasteiger partial charge >= 0.3 is 0 Å². The highest BCUT2D eigenvalue weighted by Gasteiger charge is 2.31. The number of aromatic nitrogens is 2. The summed E-state index contributed by atoms with van der Waals surface area (Å²) in [6.07, 6.45) is 1.90. The Labute approximate surface area is 139 Å². The van der Waals surface area contributed by atoms with Gasteiger partial charge in [0.05, 0.1) is 20.3 Å². The van der Waals surface area contributed by atoms with Crippen LogP contribution >= 0.6 is 0 Å². The maximum absolute atomic E-state index is 11.1. The largest absolute Gasteiger partial charge is 0.497 e. The van der Waals surface area contributed by atoms with Gasteiger partial charge in [-0.2, -0.15) is 4.98 Å². The van der Waals surface area contributed by atoms with Gasteiger partial charge in [-0.05, 0) is 25.5 Å². The fraction of sp³-hybridized carbons (Fsp3) is 0.438. The number of rotatable bonds is 6. The first kappa shape index (κ1) is 16.3. The molecule has 1 aromatic heterocycles. The van der Waals surface area contributed by atoms with Gasteiger partial charge in [0.25, 0.3) is 11.7 Å². The van der Waals surface area contributed by atoms with Crippen LogP contribution in [0.1, 0.15) is 41.0 Å². The molecule has 0 radical (unpaired) electrons. The lowest BCUT2D eigenvalue weighted by atomic mass is 10.1. The number of nitrogens with zero attached hydrogens (tertiary/aromatic N) is 3.